The van der Waals surface area contributed by atoms with E-state index < -0.39 is 11.7 Å². The van der Waals surface area contributed by atoms with Crippen molar-refractivity contribution in [3.8, 4) is 5.69 Å². The molecule has 1 aromatic carbocycles. The Kier molecular flexibility index (Phi) is 4.56. The standard InChI is InChI=1S/C13H16F3N5/c1-3-7-17-9(2)12-18-19-20-21(12)11-6-4-5-10(8-11)13(14,15)16/h4-6,8-9,17H,3,7H2,1-2H3. The first-order chi connectivity index (χ1) is 9.93. The fraction of sp³-hybridized carbons (Fsp3) is 0.462. The molecule has 114 valence electrons. The Bertz CT molecular complexity index is 593. The highest BCUT2D eigenvalue weighted by Crippen LogP contribution is 2.30. The predicted octanol–water partition coefficient (Wildman–Crippen LogP) is 2.74. The van der Waals surface area contributed by atoms with Crippen LogP contribution in [-0.2, 0) is 6.18 Å². The van der Waals surface area contributed by atoms with Crippen LogP contribution in [0.1, 0.15) is 37.7 Å². The Labute approximate surface area is 120 Å². The van der Waals surface area contributed by atoms with Crippen molar-refractivity contribution in [2.75, 3.05) is 6.54 Å². The van der Waals surface area contributed by atoms with Gasteiger partial charge in [0.25, 0.3) is 0 Å². The van der Waals surface area contributed by atoms with Crippen LogP contribution in [0.4, 0.5) is 13.2 Å². The maximum Gasteiger partial charge on any atom is 0.416 e. The molecule has 1 N–H and O–H groups in total. The quantitative estimate of drug-likeness (QED) is 0.922. The third kappa shape index (κ3) is 3.57. The Balaban J connectivity index is 2.33. The van der Waals surface area contributed by atoms with Crippen molar-refractivity contribution in [3.63, 3.8) is 0 Å². The smallest absolute Gasteiger partial charge is 0.307 e. The van der Waals surface area contributed by atoms with E-state index in [2.05, 4.69) is 20.8 Å². The number of nitrogens with zero attached hydrogens (tertiary/aromatic N) is 4. The van der Waals surface area contributed by atoms with Gasteiger partial charge in [0.05, 0.1) is 17.3 Å². The summed E-state index contributed by atoms with van der Waals surface area (Å²) in [6.45, 7) is 4.66. The van der Waals surface area contributed by atoms with Crippen molar-refractivity contribution in [3.05, 3.63) is 35.7 Å². The number of tetrazole rings is 1. The lowest BCUT2D eigenvalue weighted by Gasteiger charge is -2.14. The van der Waals surface area contributed by atoms with Gasteiger partial charge in [0.15, 0.2) is 5.82 Å². The average Bonchev–Trinajstić information content (AvgIpc) is 2.93. The van der Waals surface area contributed by atoms with Crippen LogP contribution in [-0.4, -0.2) is 26.8 Å². The Morgan fingerprint density at radius 3 is 2.76 bits per heavy atom. The molecular weight excluding hydrogens is 283 g/mol. The molecule has 1 atom stereocenters. The van der Waals surface area contributed by atoms with Gasteiger partial charge in [-0.2, -0.15) is 17.9 Å². The van der Waals surface area contributed by atoms with Gasteiger partial charge in [-0.05, 0) is 48.5 Å². The van der Waals surface area contributed by atoms with Gasteiger partial charge in [-0.1, -0.05) is 13.0 Å². The summed E-state index contributed by atoms with van der Waals surface area (Å²) in [6, 6.07) is 4.78. The summed E-state index contributed by atoms with van der Waals surface area (Å²) >= 11 is 0. The number of hydrogen-bond donors (Lipinski definition) is 1. The lowest BCUT2D eigenvalue weighted by molar-refractivity contribution is -0.137. The third-order valence-corrected chi connectivity index (χ3v) is 3.00. The number of nitrogens with one attached hydrogen (secondary N) is 1. The van der Waals surface area contributed by atoms with Gasteiger partial charge >= 0.3 is 6.18 Å². The predicted molar refractivity (Wildman–Crippen MR) is 70.9 cm³/mol. The maximum absolute atomic E-state index is 12.8. The van der Waals surface area contributed by atoms with Crippen LogP contribution in [0, 0.1) is 0 Å². The van der Waals surface area contributed by atoms with Crippen molar-refractivity contribution in [2.24, 2.45) is 0 Å². The van der Waals surface area contributed by atoms with Crippen LogP contribution < -0.4 is 5.32 Å². The summed E-state index contributed by atoms with van der Waals surface area (Å²) in [7, 11) is 0. The summed E-state index contributed by atoms with van der Waals surface area (Å²) in [5, 5.41) is 14.4. The molecule has 0 fully saturated rings. The molecule has 5 nitrogen and oxygen atoms in total. The Morgan fingerprint density at radius 1 is 1.33 bits per heavy atom. The Morgan fingerprint density at radius 2 is 2.10 bits per heavy atom. The Hall–Kier alpha value is -1.96. The highest BCUT2D eigenvalue weighted by Gasteiger charge is 2.31. The van der Waals surface area contributed by atoms with Gasteiger partial charge in [-0.3, -0.25) is 0 Å². The molecule has 8 heteroatoms. The minimum absolute atomic E-state index is 0.158. The molecule has 0 saturated heterocycles. The first kappa shape index (κ1) is 15.4. The van der Waals surface area contributed by atoms with E-state index in [4.69, 9.17) is 0 Å². The minimum atomic E-state index is -4.39. The van der Waals surface area contributed by atoms with Crippen molar-refractivity contribution >= 4 is 0 Å². The number of hydrogen-bond acceptors (Lipinski definition) is 4. The van der Waals surface area contributed by atoms with Crippen LogP contribution in [0.3, 0.4) is 0 Å². The number of aromatic nitrogens is 4. The van der Waals surface area contributed by atoms with Gasteiger partial charge in [0.1, 0.15) is 0 Å². The fourth-order valence-corrected chi connectivity index (χ4v) is 1.91. The van der Waals surface area contributed by atoms with Crippen molar-refractivity contribution in [2.45, 2.75) is 32.5 Å². The van der Waals surface area contributed by atoms with E-state index in [1.807, 2.05) is 13.8 Å². The normalized spacial score (nSPS) is 13.4. The highest BCUT2D eigenvalue weighted by atomic mass is 19.4. The first-order valence-electron chi connectivity index (χ1n) is 6.62. The molecular formula is C13H16F3N5. The number of alkyl halides is 3. The second-order valence-electron chi connectivity index (χ2n) is 4.67. The zero-order valence-electron chi connectivity index (χ0n) is 11.7. The molecule has 0 bridgehead atoms. The van der Waals surface area contributed by atoms with E-state index in [1.165, 1.54) is 10.7 Å². The van der Waals surface area contributed by atoms with E-state index in [-0.39, 0.29) is 11.7 Å². The zero-order chi connectivity index (χ0) is 15.5. The van der Waals surface area contributed by atoms with E-state index in [0.29, 0.717) is 5.82 Å². The second kappa shape index (κ2) is 6.21. The SMILES string of the molecule is CCCNC(C)c1nnnn1-c1cccc(C(F)(F)F)c1. The molecule has 0 spiro atoms. The molecule has 0 aliphatic heterocycles. The maximum atomic E-state index is 12.8. The van der Waals surface area contributed by atoms with Crippen LogP contribution in [0.2, 0.25) is 0 Å². The highest BCUT2D eigenvalue weighted by molar-refractivity contribution is 5.37. The van der Waals surface area contributed by atoms with Gasteiger partial charge in [-0.15, -0.1) is 5.10 Å². The van der Waals surface area contributed by atoms with Crippen LogP contribution in [0.15, 0.2) is 24.3 Å². The van der Waals surface area contributed by atoms with Gasteiger partial charge in [0.2, 0.25) is 0 Å². The summed E-state index contributed by atoms with van der Waals surface area (Å²) in [5.41, 5.74) is -0.439. The molecule has 0 aliphatic rings. The summed E-state index contributed by atoms with van der Waals surface area (Å²) < 4.78 is 39.6. The summed E-state index contributed by atoms with van der Waals surface area (Å²) in [6.07, 6.45) is -3.45. The summed E-state index contributed by atoms with van der Waals surface area (Å²) in [4.78, 5) is 0. The number of benzene rings is 1. The molecule has 0 saturated carbocycles. The largest absolute Gasteiger partial charge is 0.416 e. The van der Waals surface area contributed by atoms with Gasteiger partial charge in [0, 0.05) is 0 Å². The molecule has 2 rings (SSSR count). The van der Waals surface area contributed by atoms with E-state index in [9.17, 15) is 13.2 Å². The van der Waals surface area contributed by atoms with E-state index >= 15 is 0 Å². The monoisotopic (exact) mass is 299 g/mol. The minimum Gasteiger partial charge on any atom is -0.307 e. The molecule has 0 aliphatic carbocycles. The van der Waals surface area contributed by atoms with Crippen LogP contribution in [0.25, 0.3) is 5.69 Å². The molecule has 1 aromatic heterocycles. The lowest BCUT2D eigenvalue weighted by atomic mass is 10.2. The van der Waals surface area contributed by atoms with Crippen molar-refractivity contribution in [1.82, 2.24) is 25.5 Å². The first-order valence-corrected chi connectivity index (χ1v) is 6.62. The average molecular weight is 299 g/mol. The third-order valence-electron chi connectivity index (χ3n) is 3.00. The lowest BCUT2D eigenvalue weighted by Crippen LogP contribution is -2.22. The molecule has 0 amide bonds. The van der Waals surface area contributed by atoms with Crippen molar-refractivity contribution < 1.29 is 13.2 Å². The molecule has 21 heavy (non-hydrogen) atoms. The van der Waals surface area contributed by atoms with Crippen molar-refractivity contribution in [1.29, 1.82) is 0 Å². The molecule has 2 aromatic rings. The fourth-order valence-electron chi connectivity index (χ4n) is 1.91. The molecule has 1 unspecified atom stereocenters. The topological polar surface area (TPSA) is 55.6 Å². The number of rotatable bonds is 5. The zero-order valence-corrected chi connectivity index (χ0v) is 11.7. The molecule has 0 radical (unpaired) electrons. The van der Waals surface area contributed by atoms with Gasteiger partial charge in [-0.25, -0.2) is 0 Å². The van der Waals surface area contributed by atoms with Crippen LogP contribution >= 0.6 is 0 Å². The van der Waals surface area contributed by atoms with E-state index in [1.54, 1.807) is 6.07 Å². The van der Waals surface area contributed by atoms with Crippen LogP contribution in [0.5, 0.6) is 0 Å². The number of halogens is 3. The molecule has 1 heterocycles. The second-order valence-corrected chi connectivity index (χ2v) is 4.67. The summed E-state index contributed by atoms with van der Waals surface area (Å²) in [5.74, 6) is 0.475. The van der Waals surface area contributed by atoms with Gasteiger partial charge < -0.3 is 5.32 Å². The van der Waals surface area contributed by atoms with E-state index in [0.717, 1.165) is 25.1 Å².